The highest BCUT2D eigenvalue weighted by molar-refractivity contribution is 8.01. The molecule has 0 radical (unpaired) electrons. The number of methoxy groups -OCH3 is 6. The van der Waals surface area contributed by atoms with Crippen LogP contribution in [0.4, 0.5) is 11.4 Å². The Morgan fingerprint density at radius 3 is 1.21 bits per heavy atom. The van der Waals surface area contributed by atoms with Gasteiger partial charge in [0.2, 0.25) is 0 Å². The van der Waals surface area contributed by atoms with Crippen LogP contribution in [0.3, 0.4) is 0 Å². The molecule has 20 heteroatoms. The average molecular weight is 1220 g/mol. The maximum atomic E-state index is 15.3. The molecule has 0 bridgehead atoms. The maximum Gasteiger partial charge on any atom is 0.419 e. The van der Waals surface area contributed by atoms with Gasteiger partial charge < -0.3 is 67.0 Å². The van der Waals surface area contributed by atoms with Crippen molar-refractivity contribution < 1.29 is 66.5 Å². The summed E-state index contributed by atoms with van der Waals surface area (Å²) < 4.78 is 59.1. The molecule has 2 aliphatic heterocycles. The molecular weight excluding hydrogens is 1140 g/mol. The van der Waals surface area contributed by atoms with E-state index in [2.05, 4.69) is 23.9 Å². The van der Waals surface area contributed by atoms with Crippen LogP contribution < -0.4 is 47.7 Å². The lowest BCUT2D eigenvalue weighted by Gasteiger charge is -2.41. The summed E-state index contributed by atoms with van der Waals surface area (Å²) in [7, 11) is 16.7. The Balaban J connectivity index is 1.05. The van der Waals surface area contributed by atoms with E-state index in [-0.39, 0.29) is 35.8 Å². The molecule has 0 saturated heterocycles. The standard InChI is InChI=1S/C66H78N4O14S2/c1-43-17-23-51-59(37-43)85-65(63(73)69(51)5,49-41-47(75-7)21-27-53(49)81-35-15-13-31-67(3)33-29-45-19-25-55(77-9)57(39-45)79-11)83-61(71)62(72)84-66(64(74)70(6)52-24-18-44(2)38-60(52)86-66)50-42-48(76-8)22-28-54(50)82-36-16-14-32-68(4)34-30-46-20-26-56(78-10)58(40-46)80-12/h17-28,37-42H,13-16,29-36H2,1-12H3. The van der Waals surface area contributed by atoms with Gasteiger partial charge >= 0.3 is 11.9 Å². The molecule has 86 heavy (non-hydrogen) atoms. The lowest BCUT2D eigenvalue weighted by molar-refractivity contribution is -0.180. The minimum atomic E-state index is -2.29. The number of benzene rings is 6. The van der Waals surface area contributed by atoms with E-state index in [0.29, 0.717) is 68.5 Å². The number of thioether (sulfide) groups is 2. The van der Waals surface area contributed by atoms with Crippen molar-refractivity contribution in [2.45, 2.75) is 72.0 Å². The first kappa shape index (κ1) is 64.2. The van der Waals surface area contributed by atoms with Crippen LogP contribution in [-0.2, 0) is 51.4 Å². The number of aryl methyl sites for hydroxylation is 2. The normalized spacial score (nSPS) is 16.3. The van der Waals surface area contributed by atoms with Gasteiger partial charge in [-0.1, -0.05) is 47.8 Å². The number of likely N-dealkylation sites (N-methyl/N-ethyl adjacent to an activating group) is 4. The van der Waals surface area contributed by atoms with E-state index in [4.69, 9.17) is 47.4 Å². The lowest BCUT2D eigenvalue weighted by Crippen LogP contribution is -2.52. The largest absolute Gasteiger partial charge is 0.497 e. The molecular formula is C66H78N4O14S2. The van der Waals surface area contributed by atoms with Crippen LogP contribution in [0.5, 0.6) is 46.0 Å². The summed E-state index contributed by atoms with van der Waals surface area (Å²) in [4.78, 5) is 64.7. The SMILES string of the molecule is COc1ccc(OCCCCN(C)CCc2ccc(OC)c(OC)c2)c(C2(OC(=O)C(=O)OC3(c4cc(OC)ccc4OCCCCN(C)CCc4ccc(OC)c(OC)c4)Sc4cc(C)ccc4N(C)C3=O)Sc3cc(C)ccc3N(C)C2=O)c1. The van der Waals surface area contributed by atoms with Crippen LogP contribution in [0.1, 0.15) is 59.1 Å². The number of esters is 2. The van der Waals surface area contributed by atoms with E-state index >= 15 is 19.2 Å². The Kier molecular flexibility index (Phi) is 21.7. The summed E-state index contributed by atoms with van der Waals surface area (Å²) in [5.74, 6) is -0.651. The molecule has 0 aromatic heterocycles. The van der Waals surface area contributed by atoms with Gasteiger partial charge in [0.05, 0.1) is 78.4 Å². The maximum absolute atomic E-state index is 15.3. The molecule has 2 unspecified atom stereocenters. The Hall–Kier alpha value is -7.78. The summed E-state index contributed by atoms with van der Waals surface area (Å²) in [6.07, 6.45) is 4.44. The third-order valence-electron chi connectivity index (χ3n) is 15.2. The zero-order valence-corrected chi connectivity index (χ0v) is 52.8. The molecule has 8 rings (SSSR count). The lowest BCUT2D eigenvalue weighted by atomic mass is 10.0. The van der Waals surface area contributed by atoms with E-state index in [9.17, 15) is 0 Å². The van der Waals surface area contributed by atoms with Crippen molar-refractivity contribution in [3.8, 4) is 46.0 Å². The Bertz CT molecular complexity index is 3180. The highest BCUT2D eigenvalue weighted by Crippen LogP contribution is 2.57. The number of anilines is 2. The zero-order chi connectivity index (χ0) is 61.7. The van der Waals surface area contributed by atoms with E-state index in [0.717, 1.165) is 97.6 Å². The fraction of sp³-hybridized carbons (Fsp3) is 0.394. The number of carbonyl (C=O) groups is 4. The topological polar surface area (TPSA) is 174 Å². The predicted molar refractivity (Wildman–Crippen MR) is 333 cm³/mol. The summed E-state index contributed by atoms with van der Waals surface area (Å²) in [5, 5.41) is 0. The van der Waals surface area contributed by atoms with Gasteiger partial charge in [0.15, 0.2) is 23.0 Å². The number of carbonyl (C=O) groups excluding carboxylic acids is 4. The van der Waals surface area contributed by atoms with Gasteiger partial charge in [-0.25, -0.2) is 9.59 Å². The average Bonchev–Trinajstić information content (AvgIpc) is 0.814. The van der Waals surface area contributed by atoms with Crippen LogP contribution in [0.15, 0.2) is 119 Å². The van der Waals surface area contributed by atoms with Crippen LogP contribution in [0.25, 0.3) is 0 Å². The van der Waals surface area contributed by atoms with E-state index in [1.54, 1.807) is 78.9 Å². The molecule has 2 amide bonds. The highest BCUT2D eigenvalue weighted by atomic mass is 32.2. The van der Waals surface area contributed by atoms with Gasteiger partial charge in [-0.2, -0.15) is 0 Å². The molecule has 6 aromatic carbocycles. The van der Waals surface area contributed by atoms with Crippen molar-refractivity contribution in [1.82, 2.24) is 9.80 Å². The number of ether oxygens (including phenoxy) is 10. The third-order valence-corrected chi connectivity index (χ3v) is 17.8. The first-order chi connectivity index (χ1) is 41.4. The van der Waals surface area contributed by atoms with Gasteiger partial charge in [-0.15, -0.1) is 0 Å². The summed E-state index contributed by atoms with van der Waals surface area (Å²) in [6.45, 7) is 7.45. The number of amides is 2. The number of rotatable bonds is 28. The summed E-state index contributed by atoms with van der Waals surface area (Å²) in [6, 6.07) is 32.8. The first-order valence-electron chi connectivity index (χ1n) is 28.4. The molecule has 2 atom stereocenters. The van der Waals surface area contributed by atoms with E-state index < -0.39 is 33.6 Å². The highest BCUT2D eigenvalue weighted by Gasteiger charge is 2.57. The van der Waals surface area contributed by atoms with Crippen LogP contribution in [0.2, 0.25) is 0 Å². The minimum absolute atomic E-state index is 0.119. The summed E-state index contributed by atoms with van der Waals surface area (Å²) in [5.41, 5.74) is 5.34. The Morgan fingerprint density at radius 2 is 0.837 bits per heavy atom. The first-order valence-corrected chi connectivity index (χ1v) is 30.1. The van der Waals surface area contributed by atoms with Crippen molar-refractivity contribution in [3.05, 3.63) is 143 Å². The summed E-state index contributed by atoms with van der Waals surface area (Å²) >= 11 is 1.90. The van der Waals surface area contributed by atoms with Gasteiger partial charge in [-0.05, 0) is 187 Å². The fourth-order valence-electron chi connectivity index (χ4n) is 10.2. The van der Waals surface area contributed by atoms with Crippen LogP contribution >= 0.6 is 23.5 Å². The molecule has 0 spiro atoms. The van der Waals surface area contributed by atoms with E-state index in [1.165, 1.54) is 24.0 Å². The quantitative estimate of drug-likeness (QED) is 0.0258. The second kappa shape index (κ2) is 29.1. The molecule has 18 nitrogen and oxygen atoms in total. The molecule has 0 N–H and O–H groups in total. The van der Waals surface area contributed by atoms with Gasteiger partial charge in [0.25, 0.3) is 21.7 Å². The van der Waals surface area contributed by atoms with Gasteiger partial charge in [-0.3, -0.25) is 9.59 Å². The molecule has 458 valence electrons. The smallest absolute Gasteiger partial charge is 0.419 e. The fourth-order valence-corrected chi connectivity index (χ4v) is 13.2. The molecule has 0 aliphatic carbocycles. The Labute approximate surface area is 513 Å². The second-order valence-corrected chi connectivity index (χ2v) is 23.6. The minimum Gasteiger partial charge on any atom is -0.497 e. The predicted octanol–water partition coefficient (Wildman–Crippen LogP) is 10.7. The van der Waals surface area contributed by atoms with Crippen molar-refractivity contribution in [3.63, 3.8) is 0 Å². The van der Waals surface area contributed by atoms with Crippen molar-refractivity contribution in [2.75, 3.05) is 120 Å². The molecule has 0 fully saturated rings. The second-order valence-electron chi connectivity index (χ2n) is 21.2. The van der Waals surface area contributed by atoms with Crippen molar-refractivity contribution in [2.24, 2.45) is 0 Å². The molecule has 2 heterocycles. The number of fused-ring (bicyclic) bond motifs is 2. The van der Waals surface area contributed by atoms with E-state index in [1.807, 2.05) is 86.6 Å². The van der Waals surface area contributed by atoms with Crippen LogP contribution in [-0.4, -0.2) is 144 Å². The monoisotopic (exact) mass is 1210 g/mol. The Morgan fingerprint density at radius 1 is 0.453 bits per heavy atom. The van der Waals surface area contributed by atoms with Gasteiger partial charge in [0, 0.05) is 37.0 Å². The van der Waals surface area contributed by atoms with Crippen LogP contribution in [0, 0.1) is 13.8 Å². The molecule has 6 aromatic rings. The number of hydrogen-bond donors (Lipinski definition) is 0. The van der Waals surface area contributed by atoms with Gasteiger partial charge in [0.1, 0.15) is 23.0 Å². The number of hydrogen-bond acceptors (Lipinski definition) is 18. The van der Waals surface area contributed by atoms with Crippen molar-refractivity contribution >= 4 is 58.7 Å². The molecule has 2 aliphatic rings. The molecule has 0 saturated carbocycles. The van der Waals surface area contributed by atoms with Crippen molar-refractivity contribution in [1.29, 1.82) is 0 Å². The third kappa shape index (κ3) is 14.5. The zero-order valence-electron chi connectivity index (χ0n) is 51.2. The number of nitrogens with zero attached hydrogens (tertiary/aromatic N) is 4. The number of unbranched alkanes of at least 4 members (excludes halogenated alkanes) is 2.